The van der Waals surface area contributed by atoms with Gasteiger partial charge in [-0.1, -0.05) is 0 Å². The summed E-state index contributed by atoms with van der Waals surface area (Å²) in [6.45, 7) is 0. The molecular formula is C11H7F3N4O2S. The highest BCUT2D eigenvalue weighted by atomic mass is 32.1. The first-order valence-corrected chi connectivity index (χ1v) is 6.30. The third kappa shape index (κ3) is 3.75. The molecule has 0 spiro atoms. The summed E-state index contributed by atoms with van der Waals surface area (Å²) in [5, 5.41) is 5.84. The van der Waals surface area contributed by atoms with Crippen LogP contribution in [-0.4, -0.2) is 28.0 Å². The molecule has 0 saturated heterocycles. The lowest BCUT2D eigenvalue weighted by Crippen LogP contribution is -2.31. The van der Waals surface area contributed by atoms with Crippen molar-refractivity contribution in [3.8, 4) is 0 Å². The Morgan fingerprint density at radius 3 is 2.52 bits per heavy atom. The largest absolute Gasteiger partial charge is 0.471 e. The number of hydrogen-bond acceptors (Lipinski definition) is 5. The molecule has 0 saturated carbocycles. The third-order valence-electron chi connectivity index (χ3n) is 2.18. The van der Waals surface area contributed by atoms with Crippen LogP contribution in [0.4, 0.5) is 24.0 Å². The normalized spacial score (nSPS) is 11.0. The fraction of sp³-hybridized carbons (Fsp3) is 0.0909. The van der Waals surface area contributed by atoms with Crippen molar-refractivity contribution in [2.45, 2.75) is 6.18 Å². The maximum atomic E-state index is 12.2. The maximum absolute atomic E-state index is 12.2. The summed E-state index contributed by atoms with van der Waals surface area (Å²) in [5.41, 5.74) is -0.681. The summed E-state index contributed by atoms with van der Waals surface area (Å²) >= 11 is 1.13. The minimum absolute atomic E-state index is 0.263. The number of pyridine rings is 1. The van der Waals surface area contributed by atoms with Crippen molar-refractivity contribution in [2.24, 2.45) is 0 Å². The zero-order valence-corrected chi connectivity index (χ0v) is 11.0. The molecule has 0 aliphatic heterocycles. The molecule has 0 aliphatic carbocycles. The van der Waals surface area contributed by atoms with Gasteiger partial charge in [0.05, 0.1) is 5.69 Å². The molecule has 10 heteroatoms. The molecular weight excluding hydrogens is 309 g/mol. The smallest absolute Gasteiger partial charge is 0.316 e. The molecule has 0 fully saturated rings. The summed E-state index contributed by atoms with van der Waals surface area (Å²) in [5.74, 6) is -2.96. The van der Waals surface area contributed by atoms with E-state index < -0.39 is 18.0 Å². The minimum atomic E-state index is -5.06. The van der Waals surface area contributed by atoms with E-state index in [0.717, 1.165) is 17.4 Å². The van der Waals surface area contributed by atoms with Gasteiger partial charge in [0.2, 0.25) is 0 Å². The molecule has 2 aromatic rings. The monoisotopic (exact) mass is 316 g/mol. The number of hydrogen-bond donors (Lipinski definition) is 2. The highest BCUT2D eigenvalue weighted by Gasteiger charge is 2.39. The first kappa shape index (κ1) is 14.9. The van der Waals surface area contributed by atoms with E-state index in [1.807, 2.05) is 0 Å². The van der Waals surface area contributed by atoms with Crippen molar-refractivity contribution in [2.75, 3.05) is 10.6 Å². The van der Waals surface area contributed by atoms with Crippen LogP contribution in [-0.2, 0) is 4.79 Å². The van der Waals surface area contributed by atoms with Crippen LogP contribution in [0.25, 0.3) is 0 Å². The topological polar surface area (TPSA) is 84.0 Å². The van der Waals surface area contributed by atoms with E-state index >= 15 is 0 Å². The van der Waals surface area contributed by atoms with Crippen molar-refractivity contribution >= 4 is 34.0 Å². The molecule has 2 N–H and O–H groups in total. The molecule has 0 radical (unpaired) electrons. The summed E-state index contributed by atoms with van der Waals surface area (Å²) < 4.78 is 36.7. The summed E-state index contributed by atoms with van der Waals surface area (Å²) in [6.07, 6.45) is -2.38. The van der Waals surface area contributed by atoms with Crippen molar-refractivity contribution < 1.29 is 22.8 Å². The van der Waals surface area contributed by atoms with Crippen LogP contribution in [0.3, 0.4) is 0 Å². The van der Waals surface area contributed by atoms with E-state index in [1.54, 1.807) is 10.7 Å². The van der Waals surface area contributed by atoms with Crippen LogP contribution in [0.2, 0.25) is 0 Å². The van der Waals surface area contributed by atoms with Gasteiger partial charge in [0.15, 0.2) is 10.8 Å². The Hall–Kier alpha value is -2.49. The number of anilines is 2. The van der Waals surface area contributed by atoms with E-state index in [1.165, 1.54) is 18.5 Å². The first-order valence-electron chi connectivity index (χ1n) is 5.42. The average molecular weight is 316 g/mol. The van der Waals surface area contributed by atoms with Gasteiger partial charge < -0.3 is 5.32 Å². The third-order valence-corrected chi connectivity index (χ3v) is 2.87. The summed E-state index contributed by atoms with van der Waals surface area (Å²) in [7, 11) is 0. The Morgan fingerprint density at radius 1 is 1.14 bits per heavy atom. The van der Waals surface area contributed by atoms with Crippen molar-refractivity contribution in [1.82, 2.24) is 9.97 Å². The van der Waals surface area contributed by atoms with E-state index in [9.17, 15) is 22.8 Å². The zero-order chi connectivity index (χ0) is 15.5. The van der Waals surface area contributed by atoms with Gasteiger partial charge in [0, 0.05) is 17.8 Å². The molecule has 2 aromatic heterocycles. The quantitative estimate of drug-likeness (QED) is 0.910. The highest BCUT2D eigenvalue weighted by Crippen LogP contribution is 2.21. The number of carbonyl (C=O) groups is 2. The summed E-state index contributed by atoms with van der Waals surface area (Å²) in [4.78, 5) is 30.3. The van der Waals surface area contributed by atoms with Crippen LogP contribution < -0.4 is 10.6 Å². The minimum Gasteiger partial charge on any atom is -0.316 e. The van der Waals surface area contributed by atoms with Gasteiger partial charge in [-0.15, -0.1) is 11.3 Å². The van der Waals surface area contributed by atoms with Gasteiger partial charge in [-0.2, -0.15) is 13.2 Å². The zero-order valence-electron chi connectivity index (χ0n) is 10.1. The Bertz CT molecular complexity index is 658. The van der Waals surface area contributed by atoms with Gasteiger partial charge >= 0.3 is 12.1 Å². The van der Waals surface area contributed by atoms with Crippen LogP contribution in [0, 0.1) is 0 Å². The van der Waals surface area contributed by atoms with Crippen molar-refractivity contribution in [1.29, 1.82) is 0 Å². The molecule has 21 heavy (non-hydrogen) atoms. The lowest BCUT2D eigenvalue weighted by Gasteiger charge is -2.10. The predicted octanol–water partition coefficient (Wildman–Crippen LogP) is 2.29. The number of alkyl halides is 3. The Labute approximate surface area is 120 Å². The molecule has 110 valence electrons. The molecule has 0 atom stereocenters. The van der Waals surface area contributed by atoms with Crippen molar-refractivity contribution in [3.63, 3.8) is 0 Å². The number of nitrogens with one attached hydrogen (secondary N) is 2. The second-order valence-corrected chi connectivity index (χ2v) is 4.54. The number of aromatic nitrogens is 2. The van der Waals surface area contributed by atoms with Crippen LogP contribution in [0.5, 0.6) is 0 Å². The standard InChI is InChI=1S/C11H7F3N4O2S/c12-11(13,14)9(20)17-6-2-1-3-15-7(6)8(19)18-10-16-4-5-21-10/h1-5H,(H,17,20)(H,16,18,19). The Morgan fingerprint density at radius 2 is 1.90 bits per heavy atom. The molecule has 0 unspecified atom stereocenters. The number of carbonyl (C=O) groups excluding carboxylic acids is 2. The average Bonchev–Trinajstić information content (AvgIpc) is 2.91. The number of nitrogens with zero attached hydrogens (tertiary/aromatic N) is 2. The molecule has 0 aromatic carbocycles. The van der Waals surface area contributed by atoms with Gasteiger partial charge in [-0.05, 0) is 12.1 Å². The SMILES string of the molecule is O=C(Nc1nccs1)c1ncccc1NC(=O)C(F)(F)F. The molecule has 0 aliphatic rings. The Kier molecular flexibility index (Phi) is 4.17. The van der Waals surface area contributed by atoms with Gasteiger partial charge in [-0.3, -0.25) is 14.9 Å². The maximum Gasteiger partial charge on any atom is 0.471 e. The Balaban J connectivity index is 2.20. The lowest BCUT2D eigenvalue weighted by atomic mass is 10.2. The van der Waals surface area contributed by atoms with E-state index in [-0.39, 0.29) is 16.5 Å². The lowest BCUT2D eigenvalue weighted by molar-refractivity contribution is -0.167. The number of halogens is 3. The van der Waals surface area contributed by atoms with E-state index in [4.69, 9.17) is 0 Å². The van der Waals surface area contributed by atoms with Crippen molar-refractivity contribution in [3.05, 3.63) is 35.6 Å². The fourth-order valence-corrected chi connectivity index (χ4v) is 1.85. The molecule has 2 rings (SSSR count). The van der Waals surface area contributed by atoms with E-state index in [2.05, 4.69) is 15.3 Å². The fourth-order valence-electron chi connectivity index (χ4n) is 1.32. The van der Waals surface area contributed by atoms with Gasteiger partial charge in [0.25, 0.3) is 5.91 Å². The molecule has 2 heterocycles. The number of amides is 2. The second-order valence-electron chi connectivity index (χ2n) is 3.64. The van der Waals surface area contributed by atoms with E-state index in [0.29, 0.717) is 0 Å². The predicted molar refractivity (Wildman–Crippen MR) is 69.0 cm³/mol. The summed E-state index contributed by atoms with van der Waals surface area (Å²) in [6, 6.07) is 2.44. The number of rotatable bonds is 3. The van der Waals surface area contributed by atoms with Crippen LogP contribution >= 0.6 is 11.3 Å². The molecule has 0 bridgehead atoms. The van der Waals surface area contributed by atoms with Crippen LogP contribution in [0.15, 0.2) is 29.9 Å². The second kappa shape index (κ2) is 5.87. The van der Waals surface area contributed by atoms with Gasteiger partial charge in [0.1, 0.15) is 0 Å². The van der Waals surface area contributed by atoms with Crippen LogP contribution in [0.1, 0.15) is 10.5 Å². The highest BCUT2D eigenvalue weighted by molar-refractivity contribution is 7.13. The van der Waals surface area contributed by atoms with Gasteiger partial charge in [-0.25, -0.2) is 9.97 Å². The first-order chi connectivity index (χ1) is 9.88. The molecule has 2 amide bonds. The molecule has 6 nitrogen and oxygen atoms in total. The number of thiazole rings is 1.